The Balaban J connectivity index is 2.16. The predicted octanol–water partition coefficient (Wildman–Crippen LogP) is 2.83. The van der Waals surface area contributed by atoms with Gasteiger partial charge in [-0.15, -0.1) is 11.3 Å². The van der Waals surface area contributed by atoms with Gasteiger partial charge in [-0.3, -0.25) is 0 Å². The van der Waals surface area contributed by atoms with Gasteiger partial charge in [0.05, 0.1) is 3.79 Å². The molecular weight excluding hydrogens is 348 g/mol. The highest BCUT2D eigenvalue weighted by molar-refractivity contribution is 9.11. The van der Waals surface area contributed by atoms with Crippen molar-refractivity contribution in [1.82, 2.24) is 4.72 Å². The van der Waals surface area contributed by atoms with Crippen LogP contribution in [0.15, 0.2) is 14.7 Å². The Morgan fingerprint density at radius 3 is 2.74 bits per heavy atom. The number of rotatable bonds is 4. The van der Waals surface area contributed by atoms with Crippen LogP contribution >= 0.6 is 27.3 Å². The highest BCUT2D eigenvalue weighted by Crippen LogP contribution is 2.38. The number of sulfonamides is 1. The van der Waals surface area contributed by atoms with E-state index in [1.807, 2.05) is 0 Å². The number of hydrogen-bond acceptors (Lipinski definition) is 4. The molecule has 4 nitrogen and oxygen atoms in total. The standard InChI is InChI=1S/C12H19BrN2O2S2/c1-12(2)4-3-8(6-12)15-19(16,17)10-5-9(7-14)18-11(10)13/h5,8,15H,3-4,6-7,14H2,1-2H3. The average Bonchev–Trinajstić information content (AvgIpc) is 2.81. The second kappa shape index (κ2) is 5.44. The number of nitrogens with two attached hydrogens (primary N) is 1. The molecule has 0 bridgehead atoms. The number of halogens is 1. The highest BCUT2D eigenvalue weighted by atomic mass is 79.9. The normalized spacial score (nSPS) is 22.8. The second-order valence-corrected chi connectivity index (χ2v) is 9.92. The van der Waals surface area contributed by atoms with Gasteiger partial charge in [0, 0.05) is 17.5 Å². The first-order chi connectivity index (χ1) is 8.73. The summed E-state index contributed by atoms with van der Waals surface area (Å²) in [6.07, 6.45) is 2.84. The van der Waals surface area contributed by atoms with Crippen LogP contribution in [0.3, 0.4) is 0 Å². The van der Waals surface area contributed by atoms with Gasteiger partial charge in [-0.25, -0.2) is 13.1 Å². The molecule has 0 aromatic carbocycles. The third-order valence-electron chi connectivity index (χ3n) is 3.49. The fraction of sp³-hybridized carbons (Fsp3) is 0.667. The van der Waals surface area contributed by atoms with Crippen molar-refractivity contribution in [2.45, 2.75) is 50.6 Å². The summed E-state index contributed by atoms with van der Waals surface area (Å²) in [7, 11) is -3.46. The van der Waals surface area contributed by atoms with E-state index >= 15 is 0 Å². The van der Waals surface area contributed by atoms with E-state index in [1.54, 1.807) is 6.07 Å². The van der Waals surface area contributed by atoms with Crippen LogP contribution < -0.4 is 10.5 Å². The Kier molecular flexibility index (Phi) is 4.42. The first-order valence-electron chi connectivity index (χ1n) is 6.24. The van der Waals surface area contributed by atoms with Crippen LogP contribution in [0.25, 0.3) is 0 Å². The van der Waals surface area contributed by atoms with Gasteiger partial charge < -0.3 is 5.73 Å². The van der Waals surface area contributed by atoms with Crippen molar-refractivity contribution < 1.29 is 8.42 Å². The van der Waals surface area contributed by atoms with E-state index in [4.69, 9.17) is 5.73 Å². The van der Waals surface area contributed by atoms with Crippen LogP contribution in [0.1, 0.15) is 38.0 Å². The summed E-state index contributed by atoms with van der Waals surface area (Å²) < 4.78 is 28.2. The number of thiophene rings is 1. The predicted molar refractivity (Wildman–Crippen MR) is 81.7 cm³/mol. The van der Waals surface area contributed by atoms with Crippen molar-refractivity contribution in [2.75, 3.05) is 0 Å². The molecule has 1 unspecified atom stereocenters. The second-order valence-electron chi connectivity index (χ2n) is 5.78. The van der Waals surface area contributed by atoms with Crippen molar-refractivity contribution >= 4 is 37.3 Å². The molecule has 1 aliphatic carbocycles. The first-order valence-corrected chi connectivity index (χ1v) is 9.33. The van der Waals surface area contributed by atoms with Crippen molar-refractivity contribution in [3.05, 3.63) is 14.7 Å². The van der Waals surface area contributed by atoms with Gasteiger partial charge in [-0.05, 0) is 46.7 Å². The Morgan fingerprint density at radius 1 is 1.58 bits per heavy atom. The summed E-state index contributed by atoms with van der Waals surface area (Å²) in [5.74, 6) is 0. The van der Waals surface area contributed by atoms with E-state index in [9.17, 15) is 8.42 Å². The molecule has 7 heteroatoms. The van der Waals surface area contributed by atoms with Gasteiger partial charge in [0.25, 0.3) is 0 Å². The minimum absolute atomic E-state index is 0.0353. The molecule has 1 fully saturated rings. The van der Waals surface area contributed by atoms with Gasteiger partial charge in [0.2, 0.25) is 10.0 Å². The molecule has 19 heavy (non-hydrogen) atoms. The van der Waals surface area contributed by atoms with E-state index < -0.39 is 10.0 Å². The minimum atomic E-state index is -3.46. The van der Waals surface area contributed by atoms with E-state index in [1.165, 1.54) is 11.3 Å². The molecule has 0 spiro atoms. The van der Waals surface area contributed by atoms with Crippen LogP contribution in [0.5, 0.6) is 0 Å². The summed E-state index contributed by atoms with van der Waals surface area (Å²) >= 11 is 4.68. The summed E-state index contributed by atoms with van der Waals surface area (Å²) in [4.78, 5) is 1.17. The SMILES string of the molecule is CC1(C)CCC(NS(=O)(=O)c2cc(CN)sc2Br)C1. The Morgan fingerprint density at radius 2 is 2.26 bits per heavy atom. The molecule has 108 valence electrons. The van der Waals surface area contributed by atoms with Crippen molar-refractivity contribution in [1.29, 1.82) is 0 Å². The quantitative estimate of drug-likeness (QED) is 0.860. The molecule has 1 aromatic rings. The summed E-state index contributed by atoms with van der Waals surface area (Å²) in [5.41, 5.74) is 5.77. The maximum atomic E-state index is 12.4. The lowest BCUT2D eigenvalue weighted by Crippen LogP contribution is -2.33. The molecule has 1 aromatic heterocycles. The lowest BCUT2D eigenvalue weighted by molar-refractivity contribution is 0.372. The van der Waals surface area contributed by atoms with Crippen LogP contribution in [-0.4, -0.2) is 14.5 Å². The number of nitrogens with one attached hydrogen (secondary N) is 1. The maximum Gasteiger partial charge on any atom is 0.242 e. The Bertz CT molecular complexity index is 566. The molecule has 0 amide bonds. The zero-order chi connectivity index (χ0) is 14.3. The largest absolute Gasteiger partial charge is 0.326 e. The van der Waals surface area contributed by atoms with Crippen molar-refractivity contribution in [3.8, 4) is 0 Å². The lowest BCUT2D eigenvalue weighted by Gasteiger charge is -2.17. The summed E-state index contributed by atoms with van der Waals surface area (Å²) in [6.45, 7) is 4.71. The van der Waals surface area contributed by atoms with E-state index in [-0.39, 0.29) is 11.5 Å². The molecular formula is C12H19BrN2O2S2. The zero-order valence-corrected chi connectivity index (χ0v) is 14.3. The topological polar surface area (TPSA) is 72.2 Å². The molecule has 2 rings (SSSR count). The molecule has 0 saturated heterocycles. The maximum absolute atomic E-state index is 12.4. The van der Waals surface area contributed by atoms with Gasteiger partial charge in [0.1, 0.15) is 4.90 Å². The smallest absolute Gasteiger partial charge is 0.242 e. The van der Waals surface area contributed by atoms with Gasteiger partial charge in [0.15, 0.2) is 0 Å². The third-order valence-corrected chi connectivity index (χ3v) is 7.28. The molecule has 1 heterocycles. The van der Waals surface area contributed by atoms with Crippen LogP contribution in [-0.2, 0) is 16.6 Å². The summed E-state index contributed by atoms with van der Waals surface area (Å²) in [5, 5.41) is 0. The van der Waals surface area contributed by atoms with Crippen LogP contribution in [0.4, 0.5) is 0 Å². The molecule has 0 aliphatic heterocycles. The zero-order valence-electron chi connectivity index (χ0n) is 11.1. The van der Waals surface area contributed by atoms with Crippen LogP contribution in [0, 0.1) is 5.41 Å². The monoisotopic (exact) mass is 366 g/mol. The van der Waals surface area contributed by atoms with Crippen molar-refractivity contribution in [3.63, 3.8) is 0 Å². The fourth-order valence-electron chi connectivity index (χ4n) is 2.50. The Labute approximate surface area is 127 Å². The average molecular weight is 367 g/mol. The fourth-order valence-corrected chi connectivity index (χ4v) is 6.33. The minimum Gasteiger partial charge on any atom is -0.326 e. The molecule has 3 N–H and O–H groups in total. The third kappa shape index (κ3) is 3.58. The van der Waals surface area contributed by atoms with Gasteiger partial charge in [-0.1, -0.05) is 13.8 Å². The van der Waals surface area contributed by atoms with Gasteiger partial charge >= 0.3 is 0 Å². The Hall–Kier alpha value is 0.0500. The molecule has 0 radical (unpaired) electrons. The lowest BCUT2D eigenvalue weighted by atomic mass is 9.92. The molecule has 1 atom stereocenters. The van der Waals surface area contributed by atoms with Crippen molar-refractivity contribution in [2.24, 2.45) is 11.1 Å². The molecule has 1 saturated carbocycles. The van der Waals surface area contributed by atoms with Crippen LogP contribution in [0.2, 0.25) is 0 Å². The number of hydrogen-bond donors (Lipinski definition) is 2. The van der Waals surface area contributed by atoms with E-state index in [2.05, 4.69) is 34.5 Å². The first kappa shape index (κ1) is 15.4. The molecule has 1 aliphatic rings. The van der Waals surface area contributed by atoms with E-state index in [0.717, 1.165) is 24.1 Å². The van der Waals surface area contributed by atoms with Gasteiger partial charge in [-0.2, -0.15) is 0 Å². The summed E-state index contributed by atoms with van der Waals surface area (Å²) in [6, 6.07) is 1.69. The highest BCUT2D eigenvalue weighted by Gasteiger charge is 2.34. The van der Waals surface area contributed by atoms with E-state index in [0.29, 0.717) is 15.2 Å².